The van der Waals surface area contributed by atoms with E-state index in [1.807, 2.05) is 0 Å². The van der Waals surface area contributed by atoms with Gasteiger partial charge < -0.3 is 10.6 Å². The zero-order chi connectivity index (χ0) is 21.3. The number of benzene rings is 3. The van der Waals surface area contributed by atoms with Crippen molar-refractivity contribution >= 4 is 27.5 Å². The van der Waals surface area contributed by atoms with Crippen molar-refractivity contribution in [2.45, 2.75) is 45.1 Å². The summed E-state index contributed by atoms with van der Waals surface area (Å²) in [5.74, 6) is 0. The molecule has 1 aromatic heterocycles. The molecule has 0 saturated carbocycles. The first-order valence-electron chi connectivity index (χ1n) is 11.6. The van der Waals surface area contributed by atoms with Gasteiger partial charge in [0.2, 0.25) is 0 Å². The van der Waals surface area contributed by atoms with E-state index in [1.54, 1.807) is 0 Å². The maximum absolute atomic E-state index is 5.62. The molecule has 0 aliphatic heterocycles. The molecule has 1 heterocycles. The van der Waals surface area contributed by atoms with Gasteiger partial charge in [-0.15, -0.1) is 0 Å². The molecule has 0 bridgehead atoms. The highest BCUT2D eigenvalue weighted by Gasteiger charge is 2.12. The van der Waals surface area contributed by atoms with E-state index in [4.69, 9.17) is 10.7 Å². The van der Waals surface area contributed by atoms with E-state index in [2.05, 4.69) is 83.8 Å². The average Bonchev–Trinajstić information content (AvgIpc) is 2.82. The van der Waals surface area contributed by atoms with Crippen LogP contribution in [0.25, 0.3) is 21.8 Å². The number of hydrogen-bond acceptors (Lipinski definition) is 3. The predicted octanol–water partition coefficient (Wildman–Crippen LogP) is 6.69. The third-order valence-electron chi connectivity index (χ3n) is 5.98. The molecule has 31 heavy (non-hydrogen) atoms. The summed E-state index contributed by atoms with van der Waals surface area (Å²) in [6.07, 6.45) is 7.46. The molecule has 3 aromatic carbocycles. The van der Waals surface area contributed by atoms with Crippen LogP contribution in [0.5, 0.6) is 0 Å². The SMILES string of the molecule is NCCCCCCCCN(Cc1ccccc1)c1cccc2nc3ccccc3cc12. The Morgan fingerprint density at radius 3 is 2.23 bits per heavy atom. The molecule has 0 amide bonds. The molecule has 3 nitrogen and oxygen atoms in total. The number of aromatic nitrogens is 1. The molecular formula is C28H33N3. The van der Waals surface area contributed by atoms with Gasteiger partial charge >= 0.3 is 0 Å². The second-order valence-corrected chi connectivity index (χ2v) is 8.34. The number of pyridine rings is 1. The molecule has 2 N–H and O–H groups in total. The Morgan fingerprint density at radius 2 is 1.39 bits per heavy atom. The Morgan fingerprint density at radius 1 is 0.677 bits per heavy atom. The standard InChI is InChI=1S/C28H33N3/c29-19-10-3-1-2-4-11-20-31(22-23-13-6-5-7-14-23)28-18-12-17-27-25(28)21-24-15-8-9-16-26(24)30-27/h5-9,12-18,21H,1-4,10-11,19-20,22,29H2. The largest absolute Gasteiger partial charge is 0.367 e. The van der Waals surface area contributed by atoms with Gasteiger partial charge in [0.25, 0.3) is 0 Å². The lowest BCUT2D eigenvalue weighted by atomic mass is 10.1. The first-order valence-corrected chi connectivity index (χ1v) is 11.6. The Hall–Kier alpha value is -2.91. The minimum absolute atomic E-state index is 0.814. The summed E-state index contributed by atoms with van der Waals surface area (Å²) in [6, 6.07) is 28.0. The lowest BCUT2D eigenvalue weighted by Gasteiger charge is -2.26. The molecule has 160 valence electrons. The quantitative estimate of drug-likeness (QED) is 0.221. The smallest absolute Gasteiger partial charge is 0.0730 e. The second kappa shape index (κ2) is 10.9. The van der Waals surface area contributed by atoms with Crippen molar-refractivity contribution in [1.82, 2.24) is 4.98 Å². The third kappa shape index (κ3) is 5.62. The molecular weight excluding hydrogens is 378 g/mol. The molecule has 0 atom stereocenters. The van der Waals surface area contributed by atoms with Gasteiger partial charge in [-0.2, -0.15) is 0 Å². The summed E-state index contributed by atoms with van der Waals surface area (Å²) >= 11 is 0. The summed E-state index contributed by atoms with van der Waals surface area (Å²) in [4.78, 5) is 7.46. The summed E-state index contributed by atoms with van der Waals surface area (Å²) in [7, 11) is 0. The van der Waals surface area contributed by atoms with E-state index in [1.165, 1.54) is 54.1 Å². The van der Waals surface area contributed by atoms with Crippen LogP contribution < -0.4 is 10.6 Å². The zero-order valence-electron chi connectivity index (χ0n) is 18.3. The zero-order valence-corrected chi connectivity index (χ0v) is 18.3. The van der Waals surface area contributed by atoms with E-state index in [0.717, 1.165) is 37.1 Å². The van der Waals surface area contributed by atoms with E-state index < -0.39 is 0 Å². The highest BCUT2D eigenvalue weighted by atomic mass is 15.1. The van der Waals surface area contributed by atoms with Crippen LogP contribution in [0.2, 0.25) is 0 Å². The minimum atomic E-state index is 0.814. The molecule has 4 aromatic rings. The van der Waals surface area contributed by atoms with E-state index in [9.17, 15) is 0 Å². The number of nitrogens with zero attached hydrogens (tertiary/aromatic N) is 2. The van der Waals surface area contributed by atoms with Crippen molar-refractivity contribution in [3.8, 4) is 0 Å². The first-order chi connectivity index (χ1) is 15.3. The summed E-state index contributed by atoms with van der Waals surface area (Å²) in [5, 5.41) is 2.43. The van der Waals surface area contributed by atoms with Crippen molar-refractivity contribution in [2.75, 3.05) is 18.0 Å². The highest BCUT2D eigenvalue weighted by molar-refractivity contribution is 5.99. The van der Waals surface area contributed by atoms with Gasteiger partial charge in [-0.1, -0.05) is 80.3 Å². The monoisotopic (exact) mass is 411 g/mol. The van der Waals surface area contributed by atoms with Crippen molar-refractivity contribution in [2.24, 2.45) is 5.73 Å². The van der Waals surface area contributed by atoms with Gasteiger partial charge in [-0.05, 0) is 49.2 Å². The van der Waals surface area contributed by atoms with Gasteiger partial charge in [0, 0.05) is 29.5 Å². The van der Waals surface area contributed by atoms with E-state index in [0.29, 0.717) is 0 Å². The number of para-hydroxylation sites is 1. The van der Waals surface area contributed by atoms with Gasteiger partial charge in [0.05, 0.1) is 11.0 Å². The fraction of sp³-hybridized carbons (Fsp3) is 0.321. The van der Waals surface area contributed by atoms with Crippen LogP contribution in [0.4, 0.5) is 5.69 Å². The molecule has 0 spiro atoms. The normalized spacial score (nSPS) is 11.3. The Balaban J connectivity index is 1.58. The first kappa shape index (κ1) is 21.3. The maximum Gasteiger partial charge on any atom is 0.0730 e. The van der Waals surface area contributed by atoms with Crippen molar-refractivity contribution in [3.63, 3.8) is 0 Å². The van der Waals surface area contributed by atoms with E-state index >= 15 is 0 Å². The van der Waals surface area contributed by atoms with E-state index in [-0.39, 0.29) is 0 Å². The lowest BCUT2D eigenvalue weighted by molar-refractivity contribution is 0.590. The fourth-order valence-electron chi connectivity index (χ4n) is 4.30. The van der Waals surface area contributed by atoms with Crippen LogP contribution in [0.15, 0.2) is 78.9 Å². The molecule has 0 radical (unpaired) electrons. The van der Waals surface area contributed by atoms with Crippen LogP contribution in [-0.4, -0.2) is 18.1 Å². The topological polar surface area (TPSA) is 42.1 Å². The molecule has 4 rings (SSSR count). The predicted molar refractivity (Wildman–Crippen MR) is 133 cm³/mol. The van der Waals surface area contributed by atoms with Crippen LogP contribution >= 0.6 is 0 Å². The Kier molecular flexibility index (Phi) is 7.51. The number of nitrogens with two attached hydrogens (primary N) is 1. The summed E-state index contributed by atoms with van der Waals surface area (Å²) in [5.41, 5.74) is 10.4. The molecule has 0 unspecified atom stereocenters. The number of fused-ring (bicyclic) bond motifs is 2. The maximum atomic E-state index is 5.62. The third-order valence-corrected chi connectivity index (χ3v) is 5.98. The van der Waals surface area contributed by atoms with Crippen molar-refractivity contribution in [1.29, 1.82) is 0 Å². The molecule has 0 aliphatic rings. The fourth-order valence-corrected chi connectivity index (χ4v) is 4.30. The second-order valence-electron chi connectivity index (χ2n) is 8.34. The van der Waals surface area contributed by atoms with Gasteiger partial charge in [-0.25, -0.2) is 4.98 Å². The summed E-state index contributed by atoms with van der Waals surface area (Å²) in [6.45, 7) is 2.78. The number of hydrogen-bond donors (Lipinski definition) is 1. The molecule has 0 fully saturated rings. The number of anilines is 1. The molecule has 3 heteroatoms. The molecule has 0 aliphatic carbocycles. The van der Waals surface area contributed by atoms with Crippen molar-refractivity contribution < 1.29 is 0 Å². The van der Waals surface area contributed by atoms with Crippen LogP contribution in [0, 0.1) is 0 Å². The van der Waals surface area contributed by atoms with Gasteiger partial charge in [0.15, 0.2) is 0 Å². The number of unbranched alkanes of at least 4 members (excludes halogenated alkanes) is 5. The number of rotatable bonds is 11. The van der Waals surface area contributed by atoms with Gasteiger partial charge in [0.1, 0.15) is 0 Å². The van der Waals surface area contributed by atoms with Crippen LogP contribution in [-0.2, 0) is 6.54 Å². The summed E-state index contributed by atoms with van der Waals surface area (Å²) < 4.78 is 0. The van der Waals surface area contributed by atoms with Crippen LogP contribution in [0.3, 0.4) is 0 Å². The average molecular weight is 412 g/mol. The lowest BCUT2D eigenvalue weighted by Crippen LogP contribution is -2.24. The van der Waals surface area contributed by atoms with Crippen molar-refractivity contribution in [3.05, 3.63) is 84.4 Å². The molecule has 0 saturated heterocycles. The van der Waals surface area contributed by atoms with Gasteiger partial charge in [-0.3, -0.25) is 0 Å². The Bertz CT molecular complexity index is 1090. The highest BCUT2D eigenvalue weighted by Crippen LogP contribution is 2.30. The minimum Gasteiger partial charge on any atom is -0.367 e. The van der Waals surface area contributed by atoms with Crippen LogP contribution in [0.1, 0.15) is 44.1 Å². The Labute approximate surface area is 185 Å².